The van der Waals surface area contributed by atoms with Crippen LogP contribution in [-0.4, -0.2) is 36.4 Å². The van der Waals surface area contributed by atoms with Gasteiger partial charge in [-0.2, -0.15) is 0 Å². The number of amides is 1. The average Bonchev–Trinajstić information content (AvgIpc) is 3.03. The molecular formula is C16H15F3N4O2S. The molecule has 0 spiro atoms. The third-order valence-electron chi connectivity index (χ3n) is 3.78. The number of nitrogens with zero attached hydrogens (tertiary/aromatic N) is 2. The summed E-state index contributed by atoms with van der Waals surface area (Å²) in [5, 5.41) is 2.73. The molecule has 1 aliphatic heterocycles. The number of carbonyl (C=O) groups excluding carboxylic acids is 1. The van der Waals surface area contributed by atoms with Gasteiger partial charge in [0.15, 0.2) is 10.5 Å². The number of halogens is 3. The Bertz CT molecular complexity index is 871. The lowest BCUT2D eigenvalue weighted by molar-refractivity contribution is -0.0145. The van der Waals surface area contributed by atoms with Crippen LogP contribution in [0.2, 0.25) is 0 Å². The number of rotatable bonds is 4. The number of aromatic nitrogens is 1. The molecule has 6 nitrogen and oxygen atoms in total. The van der Waals surface area contributed by atoms with Gasteiger partial charge in [-0.3, -0.25) is 9.79 Å². The molecule has 2 aromatic rings. The van der Waals surface area contributed by atoms with Crippen LogP contribution < -0.4 is 11.1 Å². The second kappa shape index (κ2) is 7.04. The highest BCUT2D eigenvalue weighted by Crippen LogP contribution is 2.38. The minimum atomic E-state index is -3.05. The number of aryl methyl sites for hydroxylation is 1. The van der Waals surface area contributed by atoms with Crippen molar-refractivity contribution in [3.8, 4) is 0 Å². The predicted molar refractivity (Wildman–Crippen MR) is 91.3 cm³/mol. The minimum Gasteiger partial charge on any atom is -0.385 e. The summed E-state index contributed by atoms with van der Waals surface area (Å²) in [6, 6.07) is 3.38. The average molecular weight is 384 g/mol. The number of hydrogen-bond donors (Lipinski definition) is 2. The molecule has 2 heterocycles. The van der Waals surface area contributed by atoms with Crippen molar-refractivity contribution >= 4 is 28.8 Å². The summed E-state index contributed by atoms with van der Waals surface area (Å²) in [7, 11) is 0. The molecule has 26 heavy (non-hydrogen) atoms. The number of benzene rings is 1. The van der Waals surface area contributed by atoms with Crippen molar-refractivity contribution in [1.82, 2.24) is 4.98 Å². The number of amidine groups is 1. The van der Waals surface area contributed by atoms with E-state index in [4.69, 9.17) is 10.5 Å². The number of ether oxygens (including phenoxy) is 1. The Kier molecular flexibility index (Phi) is 4.97. The normalized spacial score (nSPS) is 20.1. The molecule has 0 radical (unpaired) electrons. The summed E-state index contributed by atoms with van der Waals surface area (Å²) < 4.78 is 46.9. The van der Waals surface area contributed by atoms with Gasteiger partial charge < -0.3 is 15.8 Å². The fourth-order valence-electron chi connectivity index (χ4n) is 2.58. The van der Waals surface area contributed by atoms with Crippen molar-refractivity contribution in [3.63, 3.8) is 0 Å². The Morgan fingerprint density at radius 2 is 2.23 bits per heavy atom. The van der Waals surface area contributed by atoms with E-state index in [9.17, 15) is 18.0 Å². The lowest BCUT2D eigenvalue weighted by atomic mass is 9.90. The van der Waals surface area contributed by atoms with Crippen LogP contribution in [0.4, 0.5) is 18.9 Å². The molecule has 0 aliphatic carbocycles. The summed E-state index contributed by atoms with van der Waals surface area (Å²) in [4.78, 5) is 20.8. The Hall–Kier alpha value is -2.46. The summed E-state index contributed by atoms with van der Waals surface area (Å²) in [6.45, 7) is 1.17. The third-order valence-corrected chi connectivity index (χ3v) is 4.69. The van der Waals surface area contributed by atoms with Crippen molar-refractivity contribution < 1.29 is 22.7 Å². The first-order valence-electron chi connectivity index (χ1n) is 7.56. The van der Waals surface area contributed by atoms with E-state index >= 15 is 0 Å². The van der Waals surface area contributed by atoms with Gasteiger partial charge >= 0.3 is 0 Å². The van der Waals surface area contributed by atoms with Crippen LogP contribution in [0.1, 0.15) is 20.2 Å². The summed E-state index contributed by atoms with van der Waals surface area (Å²) in [6.07, 6.45) is -1.51. The van der Waals surface area contributed by atoms with E-state index < -0.39 is 35.9 Å². The van der Waals surface area contributed by atoms with Gasteiger partial charge in [0.2, 0.25) is 0 Å². The quantitative estimate of drug-likeness (QED) is 0.848. The highest BCUT2D eigenvalue weighted by molar-refractivity contribution is 7.13. The van der Waals surface area contributed by atoms with E-state index in [1.54, 1.807) is 6.92 Å². The van der Waals surface area contributed by atoms with Crippen LogP contribution in [0.3, 0.4) is 0 Å². The van der Waals surface area contributed by atoms with Gasteiger partial charge in [-0.05, 0) is 25.1 Å². The highest BCUT2D eigenvalue weighted by atomic mass is 32.1. The Balaban J connectivity index is 1.97. The molecule has 0 saturated carbocycles. The monoisotopic (exact) mass is 384 g/mol. The summed E-state index contributed by atoms with van der Waals surface area (Å²) in [5.41, 5.74) is 3.00. The molecule has 1 aromatic carbocycles. The first-order chi connectivity index (χ1) is 12.3. The van der Waals surface area contributed by atoms with Crippen molar-refractivity contribution in [2.75, 3.05) is 18.5 Å². The number of aliphatic imine (C=N–C) groups is 1. The van der Waals surface area contributed by atoms with Gasteiger partial charge in [-0.25, -0.2) is 18.2 Å². The van der Waals surface area contributed by atoms with E-state index in [0.29, 0.717) is 0 Å². The fourth-order valence-corrected chi connectivity index (χ4v) is 3.24. The Morgan fingerprint density at radius 1 is 1.46 bits per heavy atom. The Morgan fingerprint density at radius 3 is 2.85 bits per heavy atom. The fraction of sp³-hybridized carbons (Fsp3) is 0.312. The van der Waals surface area contributed by atoms with Crippen LogP contribution >= 0.6 is 11.3 Å². The molecule has 1 atom stereocenters. The molecule has 3 N–H and O–H groups in total. The van der Waals surface area contributed by atoms with E-state index in [1.165, 1.54) is 23.6 Å². The van der Waals surface area contributed by atoms with Crippen LogP contribution in [0, 0.1) is 12.7 Å². The van der Waals surface area contributed by atoms with Crippen molar-refractivity contribution in [1.29, 1.82) is 0 Å². The molecule has 0 fully saturated rings. The van der Waals surface area contributed by atoms with Crippen LogP contribution in [0.5, 0.6) is 0 Å². The summed E-state index contributed by atoms with van der Waals surface area (Å²) in [5.74, 6) is -1.56. The predicted octanol–water partition coefficient (Wildman–Crippen LogP) is 2.69. The molecule has 1 aliphatic rings. The molecule has 0 saturated heterocycles. The van der Waals surface area contributed by atoms with Crippen molar-refractivity contribution in [2.24, 2.45) is 10.7 Å². The number of nitrogens with two attached hydrogens (primary N) is 1. The molecule has 10 heteroatoms. The van der Waals surface area contributed by atoms with E-state index in [1.807, 2.05) is 0 Å². The molecule has 3 rings (SSSR count). The zero-order valence-electron chi connectivity index (χ0n) is 13.6. The number of nitrogens with one attached hydrogen (secondary N) is 1. The summed E-state index contributed by atoms with van der Waals surface area (Å²) >= 11 is 1.18. The van der Waals surface area contributed by atoms with Crippen molar-refractivity contribution in [3.05, 3.63) is 45.7 Å². The van der Waals surface area contributed by atoms with Crippen LogP contribution in [-0.2, 0) is 10.3 Å². The molecule has 0 bridgehead atoms. The molecule has 0 unspecified atom stereocenters. The zero-order chi connectivity index (χ0) is 18.9. The number of carbonyl (C=O) groups is 1. The number of thiazole rings is 1. The smallest absolute Gasteiger partial charge is 0.284 e. The van der Waals surface area contributed by atoms with E-state index in [0.717, 1.165) is 17.0 Å². The van der Waals surface area contributed by atoms with E-state index in [2.05, 4.69) is 15.3 Å². The third kappa shape index (κ3) is 3.42. The SMILES string of the molecule is Cc1cnc(C(=O)Nc2ccc(F)c([C@]3(C(F)F)COCC(N)=N3)c2)s1. The van der Waals surface area contributed by atoms with Gasteiger partial charge in [0, 0.05) is 22.3 Å². The van der Waals surface area contributed by atoms with Gasteiger partial charge in [-0.1, -0.05) is 0 Å². The Labute approximate surface area is 150 Å². The lowest BCUT2D eigenvalue weighted by Gasteiger charge is -2.33. The second-order valence-electron chi connectivity index (χ2n) is 5.75. The van der Waals surface area contributed by atoms with Crippen LogP contribution in [0.25, 0.3) is 0 Å². The number of alkyl halides is 2. The largest absolute Gasteiger partial charge is 0.385 e. The lowest BCUT2D eigenvalue weighted by Crippen LogP contribution is -2.45. The maximum atomic E-state index is 14.3. The minimum absolute atomic E-state index is 0.101. The van der Waals surface area contributed by atoms with E-state index in [-0.39, 0.29) is 23.1 Å². The second-order valence-corrected chi connectivity index (χ2v) is 6.98. The van der Waals surface area contributed by atoms with Crippen LogP contribution in [0.15, 0.2) is 29.4 Å². The number of hydrogen-bond acceptors (Lipinski definition) is 6. The number of anilines is 1. The first-order valence-corrected chi connectivity index (χ1v) is 8.37. The first kappa shape index (κ1) is 18.3. The molecule has 1 aromatic heterocycles. The topological polar surface area (TPSA) is 89.6 Å². The van der Waals surface area contributed by atoms with Gasteiger partial charge in [0.05, 0.1) is 6.61 Å². The van der Waals surface area contributed by atoms with Gasteiger partial charge in [-0.15, -0.1) is 11.3 Å². The zero-order valence-corrected chi connectivity index (χ0v) is 14.4. The standard InChI is InChI=1S/C16H15F3N4O2S/c1-8-5-21-14(26-8)13(24)22-9-2-3-11(17)10(4-9)16(15(18)19)7-25-6-12(20)23-16/h2-5,15H,6-7H2,1H3,(H2,20,23)(H,22,24)/t16-/m0/s1. The van der Waals surface area contributed by atoms with Gasteiger partial charge in [0.1, 0.15) is 18.3 Å². The van der Waals surface area contributed by atoms with Gasteiger partial charge in [0.25, 0.3) is 12.3 Å². The highest BCUT2D eigenvalue weighted by Gasteiger charge is 2.46. The molecule has 138 valence electrons. The maximum Gasteiger partial charge on any atom is 0.284 e. The maximum absolute atomic E-state index is 14.3. The molecule has 1 amide bonds. The molecular weight excluding hydrogens is 369 g/mol. The van der Waals surface area contributed by atoms with Crippen molar-refractivity contribution in [2.45, 2.75) is 18.9 Å².